The van der Waals surface area contributed by atoms with Crippen LogP contribution in [0.15, 0.2) is 76.3 Å². The van der Waals surface area contributed by atoms with E-state index in [4.69, 9.17) is 4.74 Å². The zero-order valence-corrected chi connectivity index (χ0v) is 18.4. The highest BCUT2D eigenvalue weighted by molar-refractivity contribution is 9.10. The molecule has 9 heteroatoms. The molecule has 0 fully saturated rings. The maximum absolute atomic E-state index is 13.8. The van der Waals surface area contributed by atoms with Crippen molar-refractivity contribution in [3.05, 3.63) is 93.7 Å². The number of carbonyl (C=O) groups is 3. The van der Waals surface area contributed by atoms with Gasteiger partial charge >= 0.3 is 17.8 Å². The topological polar surface area (TPSA) is 96.9 Å². The molecule has 0 saturated carbocycles. The van der Waals surface area contributed by atoms with E-state index in [9.17, 15) is 18.8 Å². The highest BCUT2D eigenvalue weighted by atomic mass is 79.9. The molecule has 0 aromatic heterocycles. The van der Waals surface area contributed by atoms with E-state index in [0.29, 0.717) is 15.6 Å². The molecule has 3 aromatic rings. The number of ether oxygens (including phenoxy) is 1. The number of hydrogen-bond donors (Lipinski definition) is 2. The highest BCUT2D eigenvalue weighted by Crippen LogP contribution is 2.19. The van der Waals surface area contributed by atoms with Gasteiger partial charge in [0, 0.05) is 4.47 Å². The molecule has 32 heavy (non-hydrogen) atoms. The largest absolute Gasteiger partial charge is 0.423 e. The van der Waals surface area contributed by atoms with Crippen molar-refractivity contribution in [3.63, 3.8) is 0 Å². The Bertz CT molecular complexity index is 1200. The normalized spacial score (nSPS) is 10.6. The first-order valence-electron chi connectivity index (χ1n) is 9.30. The number of benzene rings is 3. The van der Waals surface area contributed by atoms with Gasteiger partial charge < -0.3 is 10.1 Å². The van der Waals surface area contributed by atoms with Crippen LogP contribution in [-0.2, 0) is 9.59 Å². The number of nitrogens with zero attached hydrogens (tertiary/aromatic N) is 1. The van der Waals surface area contributed by atoms with E-state index >= 15 is 0 Å². The molecule has 0 spiro atoms. The maximum Gasteiger partial charge on any atom is 0.343 e. The number of anilines is 1. The van der Waals surface area contributed by atoms with Gasteiger partial charge in [0.15, 0.2) is 0 Å². The number of halogens is 2. The first-order chi connectivity index (χ1) is 15.3. The van der Waals surface area contributed by atoms with Crippen LogP contribution in [0.5, 0.6) is 5.75 Å². The average molecular weight is 498 g/mol. The van der Waals surface area contributed by atoms with Gasteiger partial charge in [0.1, 0.15) is 11.6 Å². The van der Waals surface area contributed by atoms with Crippen molar-refractivity contribution in [3.8, 4) is 5.75 Å². The van der Waals surface area contributed by atoms with Gasteiger partial charge in [-0.3, -0.25) is 9.59 Å². The van der Waals surface area contributed by atoms with Crippen LogP contribution in [0.3, 0.4) is 0 Å². The lowest BCUT2D eigenvalue weighted by molar-refractivity contribution is -0.136. The number of hydrazone groups is 1. The Morgan fingerprint density at radius 3 is 2.47 bits per heavy atom. The summed E-state index contributed by atoms with van der Waals surface area (Å²) < 4.78 is 19.6. The van der Waals surface area contributed by atoms with E-state index in [0.717, 1.165) is 11.6 Å². The zero-order valence-electron chi connectivity index (χ0n) is 16.8. The van der Waals surface area contributed by atoms with Gasteiger partial charge in [0.2, 0.25) is 0 Å². The number of amides is 2. The Labute approximate surface area is 191 Å². The molecular formula is C23H17BrFN3O4. The number of esters is 1. The summed E-state index contributed by atoms with van der Waals surface area (Å²) in [5, 5.41) is 5.86. The predicted octanol–water partition coefficient (Wildman–Crippen LogP) is 4.20. The summed E-state index contributed by atoms with van der Waals surface area (Å²) in [4.78, 5) is 36.0. The molecule has 162 valence electrons. The van der Waals surface area contributed by atoms with Gasteiger partial charge in [0.25, 0.3) is 0 Å². The quantitative estimate of drug-likeness (QED) is 0.181. The van der Waals surface area contributed by atoms with Crippen LogP contribution in [-0.4, -0.2) is 24.0 Å². The standard InChI is InChI=1S/C23H17BrFN3O4/c1-14-5-7-16(8-6-14)23(31)32-18-4-2-3-15(11-18)13-26-28-22(30)21(29)27-20-10-9-17(24)12-19(20)25/h2-13H,1H3,(H,27,29)(H,28,30). The summed E-state index contributed by atoms with van der Waals surface area (Å²) >= 11 is 3.10. The van der Waals surface area contributed by atoms with Crippen molar-refractivity contribution in [1.29, 1.82) is 0 Å². The first kappa shape index (κ1) is 22.8. The Hall–Kier alpha value is -3.85. The second-order valence-corrected chi connectivity index (χ2v) is 7.52. The number of carbonyl (C=O) groups excluding carboxylic acids is 3. The molecule has 2 amide bonds. The van der Waals surface area contributed by atoms with Gasteiger partial charge in [-0.25, -0.2) is 14.6 Å². The molecular weight excluding hydrogens is 481 g/mol. The lowest BCUT2D eigenvalue weighted by Crippen LogP contribution is -2.32. The fraction of sp³-hybridized carbons (Fsp3) is 0.0435. The zero-order chi connectivity index (χ0) is 23.1. The Morgan fingerprint density at radius 2 is 1.75 bits per heavy atom. The molecule has 0 heterocycles. The minimum atomic E-state index is -1.08. The molecule has 0 bridgehead atoms. The predicted molar refractivity (Wildman–Crippen MR) is 121 cm³/mol. The molecule has 3 aromatic carbocycles. The molecule has 0 saturated heterocycles. The minimum Gasteiger partial charge on any atom is -0.423 e. The van der Waals surface area contributed by atoms with Crippen molar-refractivity contribution < 1.29 is 23.5 Å². The molecule has 7 nitrogen and oxygen atoms in total. The fourth-order valence-corrected chi connectivity index (χ4v) is 2.83. The SMILES string of the molecule is Cc1ccc(C(=O)Oc2cccc(C=NNC(=O)C(=O)Nc3ccc(Br)cc3F)c2)cc1. The summed E-state index contributed by atoms with van der Waals surface area (Å²) in [5.74, 6) is -3.07. The first-order valence-corrected chi connectivity index (χ1v) is 10.1. The summed E-state index contributed by atoms with van der Waals surface area (Å²) in [6, 6.07) is 17.4. The number of rotatable bonds is 5. The second-order valence-electron chi connectivity index (χ2n) is 6.61. The Morgan fingerprint density at radius 1 is 1.00 bits per heavy atom. The number of hydrogen-bond acceptors (Lipinski definition) is 5. The summed E-state index contributed by atoms with van der Waals surface area (Å²) in [5.41, 5.74) is 3.86. The fourth-order valence-electron chi connectivity index (χ4n) is 2.50. The van der Waals surface area contributed by atoms with Crippen LogP contribution in [0.2, 0.25) is 0 Å². The third kappa shape index (κ3) is 6.32. The molecule has 3 rings (SSSR count). The molecule has 0 atom stereocenters. The Kier molecular flexibility index (Phi) is 7.45. The van der Waals surface area contributed by atoms with Crippen molar-refractivity contribution in [2.24, 2.45) is 5.10 Å². The van der Waals surface area contributed by atoms with E-state index < -0.39 is 23.6 Å². The molecule has 0 radical (unpaired) electrons. The number of nitrogens with one attached hydrogen (secondary N) is 2. The number of aryl methyl sites for hydroxylation is 1. The van der Waals surface area contributed by atoms with E-state index in [-0.39, 0.29) is 11.4 Å². The van der Waals surface area contributed by atoms with Crippen molar-refractivity contribution in [2.75, 3.05) is 5.32 Å². The van der Waals surface area contributed by atoms with Gasteiger partial charge in [-0.05, 0) is 55.0 Å². The van der Waals surface area contributed by atoms with Crippen LogP contribution in [0.25, 0.3) is 0 Å². The van der Waals surface area contributed by atoms with Gasteiger partial charge in [-0.1, -0.05) is 45.8 Å². The van der Waals surface area contributed by atoms with Crippen LogP contribution >= 0.6 is 15.9 Å². The lowest BCUT2D eigenvalue weighted by Gasteiger charge is -2.06. The van der Waals surface area contributed by atoms with Gasteiger partial charge in [0.05, 0.1) is 17.5 Å². The molecule has 0 aliphatic heterocycles. The molecule has 0 aliphatic rings. The Balaban J connectivity index is 1.57. The molecule has 0 unspecified atom stereocenters. The average Bonchev–Trinajstić information content (AvgIpc) is 2.76. The third-order valence-electron chi connectivity index (χ3n) is 4.12. The van der Waals surface area contributed by atoms with Crippen LogP contribution in [0.4, 0.5) is 10.1 Å². The van der Waals surface area contributed by atoms with Gasteiger partial charge in [-0.15, -0.1) is 0 Å². The van der Waals surface area contributed by atoms with Gasteiger partial charge in [-0.2, -0.15) is 5.10 Å². The van der Waals surface area contributed by atoms with Crippen LogP contribution in [0.1, 0.15) is 21.5 Å². The summed E-state index contributed by atoms with van der Waals surface area (Å²) in [6.45, 7) is 1.92. The van der Waals surface area contributed by atoms with E-state index in [1.807, 2.05) is 19.1 Å². The minimum absolute atomic E-state index is 0.138. The lowest BCUT2D eigenvalue weighted by atomic mass is 10.1. The van der Waals surface area contributed by atoms with E-state index in [1.165, 1.54) is 18.3 Å². The summed E-state index contributed by atoms with van der Waals surface area (Å²) in [6.07, 6.45) is 1.27. The molecule has 0 aliphatic carbocycles. The smallest absolute Gasteiger partial charge is 0.343 e. The van der Waals surface area contributed by atoms with Crippen molar-refractivity contribution in [1.82, 2.24) is 5.43 Å². The molecule has 2 N–H and O–H groups in total. The second kappa shape index (κ2) is 10.5. The highest BCUT2D eigenvalue weighted by Gasteiger charge is 2.15. The monoisotopic (exact) mass is 497 g/mol. The van der Waals surface area contributed by atoms with E-state index in [2.05, 4.69) is 31.8 Å². The third-order valence-corrected chi connectivity index (χ3v) is 4.61. The van der Waals surface area contributed by atoms with Crippen LogP contribution in [0, 0.1) is 12.7 Å². The van der Waals surface area contributed by atoms with Crippen molar-refractivity contribution in [2.45, 2.75) is 6.92 Å². The maximum atomic E-state index is 13.8. The summed E-state index contributed by atoms with van der Waals surface area (Å²) in [7, 11) is 0. The van der Waals surface area contributed by atoms with Crippen molar-refractivity contribution >= 4 is 45.6 Å². The van der Waals surface area contributed by atoms with Crippen LogP contribution < -0.4 is 15.5 Å². The van der Waals surface area contributed by atoms with E-state index in [1.54, 1.807) is 36.4 Å².